The van der Waals surface area contributed by atoms with Crippen LogP contribution < -0.4 is 16.4 Å². The molecular formula is C12H18N4O. The van der Waals surface area contributed by atoms with E-state index in [9.17, 15) is 4.79 Å². The number of pyridine rings is 1. The molecule has 1 aliphatic rings. The second-order valence-electron chi connectivity index (χ2n) is 4.40. The second-order valence-corrected chi connectivity index (χ2v) is 4.40. The first-order valence-corrected chi connectivity index (χ1v) is 5.91. The number of amides is 1. The topological polar surface area (TPSA) is 80.0 Å². The third-order valence-electron chi connectivity index (χ3n) is 2.98. The van der Waals surface area contributed by atoms with E-state index < -0.39 is 0 Å². The Balaban J connectivity index is 2.09. The zero-order valence-electron chi connectivity index (χ0n) is 9.99. The predicted octanol–water partition coefficient (Wildman–Crippen LogP) is 0.734. The smallest absolute Gasteiger partial charge is 0.269 e. The Hall–Kier alpha value is -1.62. The van der Waals surface area contributed by atoms with Crippen LogP contribution in [0.4, 0.5) is 5.69 Å². The van der Waals surface area contributed by atoms with Crippen molar-refractivity contribution in [3.05, 3.63) is 24.0 Å². The summed E-state index contributed by atoms with van der Waals surface area (Å²) in [6.45, 7) is 3.10. The lowest BCUT2D eigenvalue weighted by Gasteiger charge is -2.16. The minimum absolute atomic E-state index is 0.0415. The molecule has 4 N–H and O–H groups in total. The van der Waals surface area contributed by atoms with E-state index in [1.165, 1.54) is 0 Å². The molecule has 1 heterocycles. The van der Waals surface area contributed by atoms with E-state index in [1.807, 2.05) is 13.0 Å². The Morgan fingerprint density at radius 2 is 2.35 bits per heavy atom. The van der Waals surface area contributed by atoms with E-state index in [4.69, 9.17) is 5.73 Å². The molecule has 1 saturated carbocycles. The highest BCUT2D eigenvalue weighted by Gasteiger charge is 2.41. The number of nitrogens with one attached hydrogen (secondary N) is 2. The normalized spacial score (nSPS) is 16.4. The molecule has 0 saturated heterocycles. The molecule has 1 amide bonds. The quantitative estimate of drug-likeness (QED) is 0.702. The molecule has 0 bridgehead atoms. The summed E-state index contributed by atoms with van der Waals surface area (Å²) in [7, 11) is 0. The van der Waals surface area contributed by atoms with Crippen LogP contribution in [0.5, 0.6) is 0 Å². The number of hydrogen-bond donors (Lipinski definition) is 3. The zero-order valence-corrected chi connectivity index (χ0v) is 9.99. The SMILES string of the molecule is CCNC(=O)c1cc(NC2(CN)CC2)ccn1. The number of carbonyl (C=O) groups is 1. The standard InChI is InChI=1S/C12H18N4O/c1-2-14-11(17)10-7-9(3-6-15-10)16-12(8-13)4-5-12/h3,6-7H,2,4-5,8,13H2,1H3,(H,14,17)(H,15,16). The average Bonchev–Trinajstić information content (AvgIpc) is 3.10. The maximum Gasteiger partial charge on any atom is 0.269 e. The van der Waals surface area contributed by atoms with Crippen molar-refractivity contribution in [2.75, 3.05) is 18.4 Å². The van der Waals surface area contributed by atoms with Crippen molar-refractivity contribution in [3.63, 3.8) is 0 Å². The summed E-state index contributed by atoms with van der Waals surface area (Å²) in [4.78, 5) is 15.7. The summed E-state index contributed by atoms with van der Waals surface area (Å²) in [5.41, 5.74) is 7.09. The van der Waals surface area contributed by atoms with Crippen molar-refractivity contribution >= 4 is 11.6 Å². The molecular weight excluding hydrogens is 216 g/mol. The largest absolute Gasteiger partial charge is 0.378 e. The zero-order chi connectivity index (χ0) is 12.3. The number of rotatable bonds is 5. The van der Waals surface area contributed by atoms with Gasteiger partial charge in [0, 0.05) is 30.5 Å². The lowest BCUT2D eigenvalue weighted by atomic mass is 10.2. The molecule has 5 heteroatoms. The van der Waals surface area contributed by atoms with E-state index in [1.54, 1.807) is 12.3 Å². The summed E-state index contributed by atoms with van der Waals surface area (Å²) < 4.78 is 0. The minimum Gasteiger partial charge on any atom is -0.378 e. The van der Waals surface area contributed by atoms with Crippen molar-refractivity contribution < 1.29 is 4.79 Å². The number of carbonyl (C=O) groups excluding carboxylic acids is 1. The van der Waals surface area contributed by atoms with Gasteiger partial charge in [0.15, 0.2) is 0 Å². The first-order chi connectivity index (χ1) is 8.19. The van der Waals surface area contributed by atoms with Crippen molar-refractivity contribution in [3.8, 4) is 0 Å². The van der Waals surface area contributed by atoms with Crippen LogP contribution in [0.25, 0.3) is 0 Å². The molecule has 0 atom stereocenters. The number of aromatic nitrogens is 1. The van der Waals surface area contributed by atoms with Gasteiger partial charge in [0.25, 0.3) is 5.91 Å². The van der Waals surface area contributed by atoms with Crippen LogP contribution in [0, 0.1) is 0 Å². The summed E-state index contributed by atoms with van der Waals surface area (Å²) in [5.74, 6) is -0.145. The van der Waals surface area contributed by atoms with Crippen molar-refractivity contribution in [2.24, 2.45) is 5.73 Å². The van der Waals surface area contributed by atoms with Gasteiger partial charge in [0.05, 0.1) is 0 Å². The van der Waals surface area contributed by atoms with Crippen LogP contribution in [-0.4, -0.2) is 29.5 Å². The van der Waals surface area contributed by atoms with Gasteiger partial charge in [-0.05, 0) is 31.9 Å². The molecule has 0 unspecified atom stereocenters. The van der Waals surface area contributed by atoms with Crippen molar-refractivity contribution in [1.29, 1.82) is 0 Å². The molecule has 1 aliphatic carbocycles. The van der Waals surface area contributed by atoms with E-state index in [2.05, 4.69) is 15.6 Å². The summed E-state index contributed by atoms with van der Waals surface area (Å²) in [5, 5.41) is 6.10. The fourth-order valence-electron chi connectivity index (χ4n) is 1.72. The van der Waals surface area contributed by atoms with Crippen LogP contribution in [0.3, 0.4) is 0 Å². The Kier molecular flexibility index (Phi) is 3.28. The van der Waals surface area contributed by atoms with E-state index >= 15 is 0 Å². The third-order valence-corrected chi connectivity index (χ3v) is 2.98. The number of nitrogens with zero attached hydrogens (tertiary/aromatic N) is 1. The van der Waals surface area contributed by atoms with Gasteiger partial charge in [-0.3, -0.25) is 9.78 Å². The van der Waals surface area contributed by atoms with E-state index in [0.717, 1.165) is 18.5 Å². The van der Waals surface area contributed by atoms with Crippen LogP contribution in [0.1, 0.15) is 30.3 Å². The van der Waals surface area contributed by atoms with Gasteiger partial charge in [-0.15, -0.1) is 0 Å². The highest BCUT2D eigenvalue weighted by Crippen LogP contribution is 2.37. The van der Waals surface area contributed by atoms with Gasteiger partial charge in [-0.1, -0.05) is 0 Å². The summed E-state index contributed by atoms with van der Waals surface area (Å²) in [6, 6.07) is 3.62. The van der Waals surface area contributed by atoms with Gasteiger partial charge in [0.1, 0.15) is 5.69 Å². The molecule has 0 aliphatic heterocycles. The Bertz CT molecular complexity index is 415. The Morgan fingerprint density at radius 1 is 1.59 bits per heavy atom. The maximum absolute atomic E-state index is 11.6. The molecule has 1 aromatic heterocycles. The van der Waals surface area contributed by atoms with E-state index in [-0.39, 0.29) is 11.4 Å². The minimum atomic E-state index is -0.145. The average molecular weight is 234 g/mol. The Labute approximate surface area is 101 Å². The van der Waals surface area contributed by atoms with Gasteiger partial charge >= 0.3 is 0 Å². The molecule has 0 aromatic carbocycles. The molecule has 5 nitrogen and oxygen atoms in total. The molecule has 92 valence electrons. The second kappa shape index (κ2) is 4.71. The number of nitrogens with two attached hydrogens (primary N) is 1. The van der Waals surface area contributed by atoms with Gasteiger partial charge in [-0.2, -0.15) is 0 Å². The van der Waals surface area contributed by atoms with Gasteiger partial charge < -0.3 is 16.4 Å². The van der Waals surface area contributed by atoms with Crippen LogP contribution in [-0.2, 0) is 0 Å². The molecule has 17 heavy (non-hydrogen) atoms. The maximum atomic E-state index is 11.6. The molecule has 2 rings (SSSR count). The van der Waals surface area contributed by atoms with Crippen molar-refractivity contribution in [2.45, 2.75) is 25.3 Å². The first kappa shape index (κ1) is 11.9. The molecule has 0 spiro atoms. The third kappa shape index (κ3) is 2.74. The lowest BCUT2D eigenvalue weighted by Crippen LogP contribution is -2.31. The van der Waals surface area contributed by atoms with Crippen LogP contribution in [0.15, 0.2) is 18.3 Å². The fourth-order valence-corrected chi connectivity index (χ4v) is 1.72. The first-order valence-electron chi connectivity index (χ1n) is 5.91. The van der Waals surface area contributed by atoms with Crippen LogP contribution in [0.2, 0.25) is 0 Å². The summed E-state index contributed by atoms with van der Waals surface area (Å²) >= 11 is 0. The number of hydrogen-bond acceptors (Lipinski definition) is 4. The highest BCUT2D eigenvalue weighted by atomic mass is 16.1. The Morgan fingerprint density at radius 3 is 2.94 bits per heavy atom. The fraction of sp³-hybridized carbons (Fsp3) is 0.500. The monoisotopic (exact) mass is 234 g/mol. The lowest BCUT2D eigenvalue weighted by molar-refractivity contribution is 0.0951. The van der Waals surface area contributed by atoms with Crippen molar-refractivity contribution in [1.82, 2.24) is 10.3 Å². The van der Waals surface area contributed by atoms with Gasteiger partial charge in [-0.25, -0.2) is 0 Å². The van der Waals surface area contributed by atoms with Gasteiger partial charge in [0.2, 0.25) is 0 Å². The molecule has 1 aromatic rings. The summed E-state index contributed by atoms with van der Waals surface area (Å²) in [6.07, 6.45) is 3.81. The molecule has 0 radical (unpaired) electrons. The van der Waals surface area contributed by atoms with Crippen LogP contribution >= 0.6 is 0 Å². The predicted molar refractivity (Wildman–Crippen MR) is 66.9 cm³/mol. The number of anilines is 1. The highest BCUT2D eigenvalue weighted by molar-refractivity contribution is 5.93. The van der Waals surface area contributed by atoms with E-state index in [0.29, 0.717) is 18.8 Å². The molecule has 1 fully saturated rings.